The van der Waals surface area contributed by atoms with Crippen molar-refractivity contribution in [3.8, 4) is 0 Å². The SMILES string of the molecule is COC1CN(C(=O)C2(F)CCC2)C1. The molecule has 3 nitrogen and oxygen atoms in total. The summed E-state index contributed by atoms with van der Waals surface area (Å²) < 4.78 is 18.6. The van der Waals surface area contributed by atoms with Gasteiger partial charge in [-0.15, -0.1) is 0 Å². The van der Waals surface area contributed by atoms with Crippen LogP contribution in [-0.2, 0) is 9.53 Å². The van der Waals surface area contributed by atoms with E-state index in [1.54, 1.807) is 12.0 Å². The van der Waals surface area contributed by atoms with Crippen molar-refractivity contribution in [2.45, 2.75) is 31.0 Å². The number of hydrogen-bond acceptors (Lipinski definition) is 2. The molecule has 1 aliphatic heterocycles. The second-order valence-electron chi connectivity index (χ2n) is 3.89. The summed E-state index contributed by atoms with van der Waals surface area (Å²) in [6.45, 7) is 1.11. The number of rotatable bonds is 2. The van der Waals surface area contributed by atoms with Gasteiger partial charge in [0.2, 0.25) is 0 Å². The van der Waals surface area contributed by atoms with Crippen molar-refractivity contribution < 1.29 is 13.9 Å². The predicted octanol–water partition coefficient (Wildman–Crippen LogP) is 0.736. The third-order valence-electron chi connectivity index (χ3n) is 3.00. The van der Waals surface area contributed by atoms with Gasteiger partial charge in [0.25, 0.3) is 5.91 Å². The Balaban J connectivity index is 1.86. The largest absolute Gasteiger partial charge is 0.378 e. The summed E-state index contributed by atoms with van der Waals surface area (Å²) in [5.74, 6) is -0.327. The number of likely N-dealkylation sites (tertiary alicyclic amines) is 1. The average molecular weight is 187 g/mol. The second kappa shape index (κ2) is 2.94. The molecule has 1 amide bonds. The summed E-state index contributed by atoms with van der Waals surface area (Å²) in [5.41, 5.74) is -1.53. The highest BCUT2D eigenvalue weighted by Gasteiger charge is 2.49. The zero-order valence-corrected chi connectivity index (χ0v) is 7.75. The van der Waals surface area contributed by atoms with E-state index in [0.29, 0.717) is 25.9 Å². The van der Waals surface area contributed by atoms with Crippen LogP contribution in [0.25, 0.3) is 0 Å². The number of hydrogen-bond donors (Lipinski definition) is 0. The third-order valence-corrected chi connectivity index (χ3v) is 3.00. The normalized spacial score (nSPS) is 26.5. The third kappa shape index (κ3) is 1.33. The van der Waals surface area contributed by atoms with Gasteiger partial charge < -0.3 is 9.64 Å². The number of amides is 1. The summed E-state index contributed by atoms with van der Waals surface area (Å²) in [7, 11) is 1.61. The van der Waals surface area contributed by atoms with Crippen LogP contribution in [0.3, 0.4) is 0 Å². The maximum atomic E-state index is 13.6. The van der Waals surface area contributed by atoms with Gasteiger partial charge in [-0.25, -0.2) is 4.39 Å². The van der Waals surface area contributed by atoms with Gasteiger partial charge in [0, 0.05) is 20.2 Å². The summed E-state index contributed by atoms with van der Waals surface area (Å²) in [6.07, 6.45) is 1.76. The molecule has 4 heteroatoms. The number of nitrogens with zero attached hydrogens (tertiary/aromatic N) is 1. The fraction of sp³-hybridized carbons (Fsp3) is 0.889. The summed E-state index contributed by atoms with van der Waals surface area (Å²) in [4.78, 5) is 13.0. The van der Waals surface area contributed by atoms with E-state index in [1.807, 2.05) is 0 Å². The van der Waals surface area contributed by atoms with Crippen LogP contribution in [0.2, 0.25) is 0 Å². The van der Waals surface area contributed by atoms with Crippen LogP contribution in [0.15, 0.2) is 0 Å². The van der Waals surface area contributed by atoms with Gasteiger partial charge in [0.05, 0.1) is 6.10 Å². The molecule has 1 saturated heterocycles. The Hall–Kier alpha value is -0.640. The van der Waals surface area contributed by atoms with E-state index >= 15 is 0 Å². The molecule has 2 rings (SSSR count). The van der Waals surface area contributed by atoms with Gasteiger partial charge in [0.1, 0.15) is 0 Å². The molecule has 0 atom stereocenters. The molecule has 1 aliphatic carbocycles. The summed E-state index contributed by atoms with van der Waals surface area (Å²) >= 11 is 0. The van der Waals surface area contributed by atoms with Crippen LogP contribution in [-0.4, -0.2) is 42.8 Å². The second-order valence-corrected chi connectivity index (χ2v) is 3.89. The quantitative estimate of drug-likeness (QED) is 0.638. The summed E-state index contributed by atoms with van der Waals surface area (Å²) in [6, 6.07) is 0. The molecule has 2 fully saturated rings. The average Bonchev–Trinajstić information content (AvgIpc) is 1.98. The maximum absolute atomic E-state index is 13.6. The fourth-order valence-electron chi connectivity index (χ4n) is 1.74. The number of alkyl halides is 1. The number of methoxy groups -OCH3 is 1. The van der Waals surface area contributed by atoms with Crippen LogP contribution in [0.1, 0.15) is 19.3 Å². The lowest BCUT2D eigenvalue weighted by molar-refractivity contribution is -0.161. The van der Waals surface area contributed by atoms with Crippen LogP contribution in [0.5, 0.6) is 0 Å². The Labute approximate surface area is 76.8 Å². The van der Waals surface area contributed by atoms with Crippen molar-refractivity contribution in [3.05, 3.63) is 0 Å². The molecule has 74 valence electrons. The van der Waals surface area contributed by atoms with Gasteiger partial charge >= 0.3 is 0 Å². The smallest absolute Gasteiger partial charge is 0.260 e. The van der Waals surface area contributed by atoms with Gasteiger partial charge in [-0.1, -0.05) is 0 Å². The van der Waals surface area contributed by atoms with Crippen LogP contribution in [0, 0.1) is 0 Å². The lowest BCUT2D eigenvalue weighted by atomic mass is 9.80. The van der Waals surface area contributed by atoms with E-state index in [2.05, 4.69) is 0 Å². The molecular weight excluding hydrogens is 173 g/mol. The highest BCUT2D eigenvalue weighted by Crippen LogP contribution is 2.38. The highest BCUT2D eigenvalue weighted by atomic mass is 19.1. The molecule has 0 spiro atoms. The summed E-state index contributed by atoms with van der Waals surface area (Å²) in [5, 5.41) is 0. The number of halogens is 1. The van der Waals surface area contributed by atoms with E-state index in [4.69, 9.17) is 4.74 Å². The number of carbonyl (C=O) groups excluding carboxylic acids is 1. The zero-order chi connectivity index (χ0) is 9.47. The molecule has 0 radical (unpaired) electrons. The first-order chi connectivity index (χ1) is 6.15. The Morgan fingerprint density at radius 2 is 2.15 bits per heavy atom. The molecule has 0 unspecified atom stereocenters. The maximum Gasteiger partial charge on any atom is 0.260 e. The molecule has 0 bridgehead atoms. The zero-order valence-electron chi connectivity index (χ0n) is 7.75. The van der Waals surface area contributed by atoms with E-state index in [-0.39, 0.29) is 12.0 Å². The molecule has 13 heavy (non-hydrogen) atoms. The van der Waals surface area contributed by atoms with E-state index < -0.39 is 5.67 Å². The molecule has 2 aliphatic rings. The molecular formula is C9H14FNO2. The Bertz CT molecular complexity index is 222. The van der Waals surface area contributed by atoms with Crippen LogP contribution >= 0.6 is 0 Å². The van der Waals surface area contributed by atoms with E-state index in [9.17, 15) is 9.18 Å². The minimum Gasteiger partial charge on any atom is -0.378 e. The molecule has 1 saturated carbocycles. The van der Waals surface area contributed by atoms with Gasteiger partial charge in [-0.3, -0.25) is 4.79 Å². The van der Waals surface area contributed by atoms with Gasteiger partial charge in [-0.2, -0.15) is 0 Å². The van der Waals surface area contributed by atoms with Crippen molar-refractivity contribution >= 4 is 5.91 Å². The first-order valence-corrected chi connectivity index (χ1v) is 4.67. The van der Waals surface area contributed by atoms with Crippen molar-refractivity contribution in [1.29, 1.82) is 0 Å². The Morgan fingerprint density at radius 3 is 2.54 bits per heavy atom. The Kier molecular flexibility index (Phi) is 2.02. The molecule has 0 N–H and O–H groups in total. The van der Waals surface area contributed by atoms with Gasteiger partial charge in [0.15, 0.2) is 5.67 Å². The van der Waals surface area contributed by atoms with Gasteiger partial charge in [-0.05, 0) is 19.3 Å². The van der Waals surface area contributed by atoms with Crippen LogP contribution in [0.4, 0.5) is 4.39 Å². The van der Waals surface area contributed by atoms with Crippen molar-refractivity contribution in [1.82, 2.24) is 4.90 Å². The highest BCUT2D eigenvalue weighted by molar-refractivity contribution is 5.86. The first-order valence-electron chi connectivity index (χ1n) is 4.67. The van der Waals surface area contributed by atoms with Crippen molar-refractivity contribution in [2.24, 2.45) is 0 Å². The molecule has 0 aromatic carbocycles. The molecule has 0 aromatic rings. The fourth-order valence-corrected chi connectivity index (χ4v) is 1.74. The molecule has 1 heterocycles. The lowest BCUT2D eigenvalue weighted by Gasteiger charge is -2.44. The standard InChI is InChI=1S/C9H14FNO2/c1-13-7-5-11(6-7)8(12)9(10)3-2-4-9/h7H,2-6H2,1H3. The predicted molar refractivity (Wildman–Crippen MR) is 45.1 cm³/mol. The lowest BCUT2D eigenvalue weighted by Crippen LogP contribution is -2.61. The van der Waals surface area contributed by atoms with Crippen molar-refractivity contribution in [2.75, 3.05) is 20.2 Å². The minimum atomic E-state index is -1.53. The van der Waals surface area contributed by atoms with Crippen LogP contribution < -0.4 is 0 Å². The topological polar surface area (TPSA) is 29.5 Å². The van der Waals surface area contributed by atoms with E-state index in [1.165, 1.54) is 0 Å². The monoisotopic (exact) mass is 187 g/mol. The van der Waals surface area contributed by atoms with E-state index in [0.717, 1.165) is 6.42 Å². The van der Waals surface area contributed by atoms with Crippen molar-refractivity contribution in [3.63, 3.8) is 0 Å². The number of ether oxygens (including phenoxy) is 1. The molecule has 0 aromatic heterocycles. The first kappa shape index (κ1) is 8.94. The number of carbonyl (C=O) groups is 1. The Morgan fingerprint density at radius 1 is 1.54 bits per heavy atom. The minimum absolute atomic E-state index is 0.118.